The van der Waals surface area contributed by atoms with Gasteiger partial charge in [-0.3, -0.25) is 0 Å². The predicted octanol–water partition coefficient (Wildman–Crippen LogP) is 1.60. The molecule has 0 aliphatic rings. The van der Waals surface area contributed by atoms with Gasteiger partial charge in [-0.1, -0.05) is 0 Å². The zero-order valence-corrected chi connectivity index (χ0v) is 9.23. The van der Waals surface area contributed by atoms with Gasteiger partial charge in [-0.25, -0.2) is 0 Å². The minimum atomic E-state index is 0.485. The predicted molar refractivity (Wildman–Crippen MR) is 69.0 cm³/mol. The summed E-state index contributed by atoms with van der Waals surface area (Å²) >= 11 is 0. The van der Waals surface area contributed by atoms with Crippen LogP contribution in [0.15, 0.2) is 47.5 Å². The fourth-order valence-electron chi connectivity index (χ4n) is 1.21. The molecule has 0 spiro atoms. The van der Waals surface area contributed by atoms with Crippen LogP contribution in [0.4, 0.5) is 4.32 Å². The number of allylic oxidation sites excluding steroid dienone is 1. The Labute approximate surface area is 95.9 Å². The minimum absolute atomic E-state index is 0.485. The van der Waals surface area contributed by atoms with Crippen LogP contribution in [-0.4, -0.2) is 32.6 Å². The number of rotatable bonds is 5. The first kappa shape index (κ1) is 12.4. The summed E-state index contributed by atoms with van der Waals surface area (Å²) in [5, 5.41) is 2.98. The molecule has 0 saturated heterocycles. The van der Waals surface area contributed by atoms with Crippen LogP contribution in [-0.2, 0) is 0 Å². The number of nitrogens with zero attached hydrogens (tertiary/aromatic N) is 1. The molecule has 2 nitrogen and oxygen atoms in total. The van der Waals surface area contributed by atoms with Crippen molar-refractivity contribution in [2.75, 3.05) is 13.6 Å². The molecule has 1 aromatic rings. The van der Waals surface area contributed by atoms with Gasteiger partial charge in [0.05, 0.1) is 0 Å². The van der Waals surface area contributed by atoms with Gasteiger partial charge in [0.1, 0.15) is 0 Å². The Hall–Kier alpha value is -1.71. The van der Waals surface area contributed by atoms with E-state index in [1.165, 1.54) is 0 Å². The summed E-state index contributed by atoms with van der Waals surface area (Å²) in [4.78, 5) is 3.80. The topological polar surface area (TPSA) is 24.4 Å². The molecule has 0 radical (unpaired) electrons. The van der Waals surface area contributed by atoms with Crippen LogP contribution in [0.3, 0.4) is 0 Å². The number of hydrogen-bond acceptors (Lipinski definition) is 2. The molecule has 0 amide bonds. The maximum absolute atomic E-state index is 12.6. The fourth-order valence-corrected chi connectivity index (χ4v) is 1.21. The van der Waals surface area contributed by atoms with Crippen molar-refractivity contribution in [3.8, 4) is 0 Å². The molecule has 1 aromatic carbocycles. The third-order valence-electron chi connectivity index (χ3n) is 1.98. The second-order valence-electron chi connectivity index (χ2n) is 3.11. The van der Waals surface area contributed by atoms with E-state index in [0.717, 1.165) is 5.56 Å². The second kappa shape index (κ2) is 7.57. The van der Waals surface area contributed by atoms with E-state index in [1.807, 2.05) is 42.5 Å². The molecule has 0 bridgehead atoms. The van der Waals surface area contributed by atoms with Gasteiger partial charge in [-0.2, -0.15) is 0 Å². The molecule has 0 aliphatic heterocycles. The van der Waals surface area contributed by atoms with Crippen LogP contribution in [0.25, 0.3) is 0 Å². The van der Waals surface area contributed by atoms with Crippen molar-refractivity contribution in [2.24, 2.45) is 4.99 Å². The van der Waals surface area contributed by atoms with Gasteiger partial charge in [0.2, 0.25) is 0 Å². The van der Waals surface area contributed by atoms with E-state index < -0.39 is 0 Å². The Kier molecular flexibility index (Phi) is 5.85. The van der Waals surface area contributed by atoms with Gasteiger partial charge in [0.15, 0.2) is 0 Å². The van der Waals surface area contributed by atoms with Crippen LogP contribution in [0.5, 0.6) is 0 Å². The van der Waals surface area contributed by atoms with E-state index >= 15 is 0 Å². The first-order chi connectivity index (χ1) is 7.88. The molecule has 16 heavy (non-hydrogen) atoms. The Morgan fingerprint density at radius 3 is 2.81 bits per heavy atom. The molecule has 0 aliphatic carbocycles. The summed E-state index contributed by atoms with van der Waals surface area (Å²) in [6.45, 7) is 0.566. The normalized spacial score (nSPS) is 12.0. The van der Waals surface area contributed by atoms with E-state index in [4.69, 9.17) is 0 Å². The van der Waals surface area contributed by atoms with Gasteiger partial charge in [-0.15, -0.1) is 0 Å². The molecule has 0 heterocycles. The molecule has 0 fully saturated rings. The first-order valence-electron chi connectivity index (χ1n) is 5.05. The Balaban J connectivity index is 2.52. The van der Waals surface area contributed by atoms with E-state index in [2.05, 4.69) is 10.3 Å². The molecule has 0 saturated carbocycles. The van der Waals surface area contributed by atoms with E-state index in [9.17, 15) is 4.32 Å². The standard InChI is InChI=1S/C12H14BFN2/c1-15-9-5-6-10-16-12(13-14)11-7-3-2-4-8-11/h2-9,16H,10H2,1H3/b6-5-,15-9+. The van der Waals surface area contributed by atoms with Gasteiger partial charge in [0.25, 0.3) is 0 Å². The van der Waals surface area contributed by atoms with Crippen molar-refractivity contribution in [3.05, 3.63) is 48.0 Å². The third kappa shape index (κ3) is 4.21. The summed E-state index contributed by atoms with van der Waals surface area (Å²) in [7, 11) is 2.28. The number of aliphatic imine (C=N–C) groups is 1. The van der Waals surface area contributed by atoms with Gasteiger partial charge >= 0.3 is 95.3 Å². The van der Waals surface area contributed by atoms with Crippen molar-refractivity contribution in [1.82, 2.24) is 5.32 Å². The molecule has 82 valence electrons. The number of hydrogen-bond donors (Lipinski definition) is 1. The Morgan fingerprint density at radius 1 is 1.44 bits per heavy atom. The molecule has 1 rings (SSSR count). The van der Waals surface area contributed by atoms with Gasteiger partial charge in [-0.05, 0) is 0 Å². The summed E-state index contributed by atoms with van der Waals surface area (Å²) in [5.74, 6) is 0. The third-order valence-corrected chi connectivity index (χ3v) is 1.98. The van der Waals surface area contributed by atoms with Crippen LogP contribution in [0.2, 0.25) is 0 Å². The molecule has 0 atom stereocenters. The molecular formula is C12H14BFN2. The molecule has 0 unspecified atom stereocenters. The zero-order valence-electron chi connectivity index (χ0n) is 9.23. The van der Waals surface area contributed by atoms with Crippen molar-refractivity contribution >= 4 is 19.0 Å². The van der Waals surface area contributed by atoms with Crippen LogP contribution in [0, 0.1) is 0 Å². The number of halogens is 1. The van der Waals surface area contributed by atoms with E-state index in [1.54, 1.807) is 13.3 Å². The average Bonchev–Trinajstić information content (AvgIpc) is 2.35. The zero-order chi connectivity index (χ0) is 11.6. The average molecular weight is 216 g/mol. The fraction of sp³-hybridized carbons (Fsp3) is 0.167. The second-order valence-corrected chi connectivity index (χ2v) is 3.11. The summed E-state index contributed by atoms with van der Waals surface area (Å²) < 4.78 is 12.6. The van der Waals surface area contributed by atoms with Crippen LogP contribution in [0.1, 0.15) is 5.56 Å². The first-order valence-corrected chi connectivity index (χ1v) is 5.05. The van der Waals surface area contributed by atoms with Crippen molar-refractivity contribution < 1.29 is 4.32 Å². The van der Waals surface area contributed by atoms with Crippen molar-refractivity contribution in [3.63, 3.8) is 0 Å². The summed E-state index contributed by atoms with van der Waals surface area (Å²) in [6.07, 6.45) is 5.37. The summed E-state index contributed by atoms with van der Waals surface area (Å²) in [6, 6.07) is 9.36. The summed E-state index contributed by atoms with van der Waals surface area (Å²) in [5.41, 5.74) is 1.32. The van der Waals surface area contributed by atoms with Gasteiger partial charge < -0.3 is 0 Å². The van der Waals surface area contributed by atoms with Crippen molar-refractivity contribution in [1.29, 1.82) is 0 Å². The van der Waals surface area contributed by atoms with E-state index in [0.29, 0.717) is 19.3 Å². The Bertz CT molecular complexity index is 385. The molecule has 4 heteroatoms. The van der Waals surface area contributed by atoms with E-state index in [-0.39, 0.29) is 0 Å². The monoisotopic (exact) mass is 216 g/mol. The molecular weight excluding hydrogens is 202 g/mol. The van der Waals surface area contributed by atoms with Crippen LogP contribution >= 0.6 is 0 Å². The molecule has 1 N–H and O–H groups in total. The SMILES string of the molecule is C/N=C/C=C\CNC(=BF)c1ccccc1. The van der Waals surface area contributed by atoms with Crippen LogP contribution < -0.4 is 5.32 Å². The quantitative estimate of drug-likeness (QED) is 0.586. The number of benzene rings is 1. The number of nitrogens with one attached hydrogen (secondary N) is 1. The molecule has 0 aromatic heterocycles. The van der Waals surface area contributed by atoms with Crippen molar-refractivity contribution in [2.45, 2.75) is 0 Å². The Morgan fingerprint density at radius 2 is 2.19 bits per heavy atom. The maximum atomic E-state index is 12.6. The van der Waals surface area contributed by atoms with Gasteiger partial charge in [0, 0.05) is 0 Å².